The number of nitrogens with zero attached hydrogens (tertiary/aromatic N) is 2. The molecule has 162 valence electrons. The molecule has 1 saturated heterocycles. The fourth-order valence-electron chi connectivity index (χ4n) is 3.79. The van der Waals surface area contributed by atoms with Crippen LogP contribution in [0.15, 0.2) is 48.5 Å². The summed E-state index contributed by atoms with van der Waals surface area (Å²) in [4.78, 5) is 17.1. The number of hydrogen-bond acceptors (Lipinski definition) is 4. The molecular formula is C25H35N3O2. The van der Waals surface area contributed by atoms with E-state index in [9.17, 15) is 4.79 Å². The predicted octanol–water partition coefficient (Wildman–Crippen LogP) is 3.65. The van der Waals surface area contributed by atoms with Crippen molar-refractivity contribution in [2.24, 2.45) is 0 Å². The standard InChI is InChI=1S/C25H35N3O2/c1-4-22-8-10-24(11-9-22)30-19-25(29)26-21(3)12-13-27-14-16-28(17-15-27)23-7-5-6-20(2)18-23/h5-11,18,21H,4,12-17,19H2,1-3H3,(H,26,29). The molecule has 2 aromatic carbocycles. The van der Waals surface area contributed by atoms with Crippen molar-refractivity contribution in [1.82, 2.24) is 10.2 Å². The summed E-state index contributed by atoms with van der Waals surface area (Å²) in [6, 6.07) is 16.8. The Balaban J connectivity index is 1.32. The fraction of sp³-hybridized carbons (Fsp3) is 0.480. The maximum Gasteiger partial charge on any atom is 0.258 e. The molecule has 0 bridgehead atoms. The fourth-order valence-corrected chi connectivity index (χ4v) is 3.79. The van der Waals surface area contributed by atoms with E-state index in [1.165, 1.54) is 16.8 Å². The number of hydrogen-bond donors (Lipinski definition) is 1. The number of piperazine rings is 1. The Morgan fingerprint density at radius 3 is 2.50 bits per heavy atom. The van der Waals surface area contributed by atoms with Crippen molar-refractivity contribution < 1.29 is 9.53 Å². The number of rotatable bonds is 9. The summed E-state index contributed by atoms with van der Waals surface area (Å²) in [6.45, 7) is 11.6. The molecule has 0 aliphatic carbocycles. The molecule has 1 atom stereocenters. The first kappa shape index (κ1) is 22.2. The molecule has 0 spiro atoms. The summed E-state index contributed by atoms with van der Waals surface area (Å²) >= 11 is 0. The van der Waals surface area contributed by atoms with Gasteiger partial charge in [0.25, 0.3) is 5.91 Å². The van der Waals surface area contributed by atoms with Gasteiger partial charge in [-0.3, -0.25) is 9.69 Å². The van der Waals surface area contributed by atoms with Crippen molar-refractivity contribution in [2.45, 2.75) is 39.7 Å². The molecule has 0 radical (unpaired) electrons. The van der Waals surface area contributed by atoms with Crippen LogP contribution in [-0.4, -0.2) is 56.2 Å². The van der Waals surface area contributed by atoms with Gasteiger partial charge >= 0.3 is 0 Å². The van der Waals surface area contributed by atoms with Crippen molar-refractivity contribution in [3.63, 3.8) is 0 Å². The summed E-state index contributed by atoms with van der Waals surface area (Å²) in [7, 11) is 0. The summed E-state index contributed by atoms with van der Waals surface area (Å²) in [5.74, 6) is 0.674. The number of nitrogens with one attached hydrogen (secondary N) is 1. The molecule has 1 unspecified atom stereocenters. The van der Waals surface area contributed by atoms with E-state index in [1.54, 1.807) is 0 Å². The Bertz CT molecular complexity index is 798. The van der Waals surface area contributed by atoms with Gasteiger partial charge in [-0.05, 0) is 62.1 Å². The van der Waals surface area contributed by atoms with Crippen molar-refractivity contribution in [3.05, 3.63) is 59.7 Å². The number of anilines is 1. The maximum absolute atomic E-state index is 12.2. The maximum atomic E-state index is 12.2. The lowest BCUT2D eigenvalue weighted by molar-refractivity contribution is -0.123. The van der Waals surface area contributed by atoms with Crippen LogP contribution < -0.4 is 15.0 Å². The van der Waals surface area contributed by atoms with Crippen molar-refractivity contribution >= 4 is 11.6 Å². The highest BCUT2D eigenvalue weighted by molar-refractivity contribution is 5.77. The molecule has 0 saturated carbocycles. The first-order valence-electron chi connectivity index (χ1n) is 11.1. The second kappa shape index (κ2) is 11.0. The Kier molecular flexibility index (Phi) is 8.14. The summed E-state index contributed by atoms with van der Waals surface area (Å²) in [6.07, 6.45) is 1.95. The molecule has 0 aromatic heterocycles. The van der Waals surface area contributed by atoms with Crippen LogP contribution in [0.4, 0.5) is 5.69 Å². The minimum Gasteiger partial charge on any atom is -0.484 e. The van der Waals surface area contributed by atoms with Gasteiger partial charge in [0, 0.05) is 44.5 Å². The second-order valence-electron chi connectivity index (χ2n) is 8.21. The molecule has 1 N–H and O–H groups in total. The summed E-state index contributed by atoms with van der Waals surface area (Å²) < 4.78 is 5.60. The number of benzene rings is 2. The highest BCUT2D eigenvalue weighted by Gasteiger charge is 2.18. The molecule has 3 rings (SSSR count). The van der Waals surface area contributed by atoms with Crippen molar-refractivity contribution in [2.75, 3.05) is 44.2 Å². The van der Waals surface area contributed by atoms with Crippen LogP contribution in [0.2, 0.25) is 0 Å². The zero-order chi connectivity index (χ0) is 21.3. The third kappa shape index (κ3) is 6.77. The molecule has 1 amide bonds. The molecular weight excluding hydrogens is 374 g/mol. The zero-order valence-electron chi connectivity index (χ0n) is 18.6. The van der Waals surface area contributed by atoms with E-state index in [2.05, 4.69) is 60.2 Å². The summed E-state index contributed by atoms with van der Waals surface area (Å²) in [5, 5.41) is 3.05. The van der Waals surface area contributed by atoms with E-state index in [0.29, 0.717) is 0 Å². The Morgan fingerprint density at radius 1 is 1.10 bits per heavy atom. The van der Waals surface area contributed by atoms with Crippen LogP contribution in [0.25, 0.3) is 0 Å². The molecule has 30 heavy (non-hydrogen) atoms. The van der Waals surface area contributed by atoms with Gasteiger partial charge in [0.1, 0.15) is 5.75 Å². The van der Waals surface area contributed by atoms with Gasteiger partial charge < -0.3 is 15.0 Å². The number of carbonyl (C=O) groups is 1. The highest BCUT2D eigenvalue weighted by atomic mass is 16.5. The number of ether oxygens (including phenoxy) is 1. The Hall–Kier alpha value is -2.53. The molecule has 5 heteroatoms. The van der Waals surface area contributed by atoms with Gasteiger partial charge in [-0.15, -0.1) is 0 Å². The van der Waals surface area contributed by atoms with Gasteiger partial charge in [-0.1, -0.05) is 31.2 Å². The Labute approximate surface area is 181 Å². The minimum atomic E-state index is -0.0636. The molecule has 2 aromatic rings. The van der Waals surface area contributed by atoms with Crippen LogP contribution in [0.5, 0.6) is 5.75 Å². The SMILES string of the molecule is CCc1ccc(OCC(=O)NC(C)CCN2CCN(c3cccc(C)c3)CC2)cc1. The number of aryl methyl sites for hydroxylation is 2. The van der Waals surface area contributed by atoms with Gasteiger partial charge in [-0.2, -0.15) is 0 Å². The third-order valence-electron chi connectivity index (χ3n) is 5.73. The van der Waals surface area contributed by atoms with E-state index >= 15 is 0 Å². The van der Waals surface area contributed by atoms with E-state index in [-0.39, 0.29) is 18.6 Å². The lowest BCUT2D eigenvalue weighted by Gasteiger charge is -2.36. The zero-order valence-corrected chi connectivity index (χ0v) is 18.6. The first-order chi connectivity index (χ1) is 14.5. The lowest BCUT2D eigenvalue weighted by atomic mass is 10.1. The van der Waals surface area contributed by atoms with E-state index in [4.69, 9.17) is 4.74 Å². The molecule has 5 nitrogen and oxygen atoms in total. The molecule has 1 aliphatic heterocycles. The van der Waals surface area contributed by atoms with Crippen LogP contribution in [0, 0.1) is 6.92 Å². The smallest absolute Gasteiger partial charge is 0.258 e. The average molecular weight is 410 g/mol. The minimum absolute atomic E-state index is 0.0605. The van der Waals surface area contributed by atoms with Crippen LogP contribution >= 0.6 is 0 Å². The quantitative estimate of drug-likeness (QED) is 0.687. The van der Waals surface area contributed by atoms with Gasteiger partial charge in [0.05, 0.1) is 0 Å². The van der Waals surface area contributed by atoms with Gasteiger partial charge in [-0.25, -0.2) is 0 Å². The second-order valence-corrected chi connectivity index (χ2v) is 8.21. The van der Waals surface area contributed by atoms with Crippen molar-refractivity contribution in [3.8, 4) is 5.75 Å². The molecule has 1 heterocycles. The highest BCUT2D eigenvalue weighted by Crippen LogP contribution is 2.18. The van der Waals surface area contributed by atoms with Crippen LogP contribution in [-0.2, 0) is 11.2 Å². The van der Waals surface area contributed by atoms with Crippen LogP contribution in [0.1, 0.15) is 31.4 Å². The first-order valence-corrected chi connectivity index (χ1v) is 11.1. The van der Waals surface area contributed by atoms with E-state index in [0.717, 1.165) is 51.3 Å². The molecule has 1 aliphatic rings. The monoisotopic (exact) mass is 409 g/mol. The van der Waals surface area contributed by atoms with Gasteiger partial charge in [0.2, 0.25) is 0 Å². The van der Waals surface area contributed by atoms with Crippen molar-refractivity contribution in [1.29, 1.82) is 0 Å². The normalized spacial score (nSPS) is 15.6. The average Bonchev–Trinajstić information content (AvgIpc) is 2.77. The van der Waals surface area contributed by atoms with E-state index < -0.39 is 0 Å². The van der Waals surface area contributed by atoms with Gasteiger partial charge in [0.15, 0.2) is 6.61 Å². The Morgan fingerprint density at radius 2 is 1.83 bits per heavy atom. The van der Waals surface area contributed by atoms with Crippen LogP contribution in [0.3, 0.4) is 0 Å². The molecule has 1 fully saturated rings. The third-order valence-corrected chi connectivity index (χ3v) is 5.73. The summed E-state index contributed by atoms with van der Waals surface area (Å²) in [5.41, 5.74) is 3.89. The predicted molar refractivity (Wildman–Crippen MR) is 123 cm³/mol. The number of amides is 1. The largest absolute Gasteiger partial charge is 0.484 e. The lowest BCUT2D eigenvalue weighted by Crippen LogP contribution is -2.47. The topological polar surface area (TPSA) is 44.8 Å². The number of carbonyl (C=O) groups excluding carboxylic acids is 1. The van der Waals surface area contributed by atoms with E-state index in [1.807, 2.05) is 24.3 Å².